The molecule has 0 N–H and O–H groups in total. The number of aliphatic imine (C=N–C) groups is 1. The number of aryl methyl sites for hydroxylation is 1. The average molecular weight is 463 g/mol. The quantitative estimate of drug-likeness (QED) is 0.337. The van der Waals surface area contributed by atoms with Gasteiger partial charge in [-0.3, -0.25) is 0 Å². The van der Waals surface area contributed by atoms with Crippen LogP contribution in [0.3, 0.4) is 0 Å². The molecule has 4 nitrogen and oxygen atoms in total. The van der Waals surface area contributed by atoms with Crippen molar-refractivity contribution in [2.24, 2.45) is 12.0 Å². The zero-order valence-electron chi connectivity index (χ0n) is 17.8. The number of unbranched alkanes of at least 4 members (excludes halogenated alkanes) is 1. The highest BCUT2D eigenvalue weighted by Gasteiger charge is 2.19. The lowest BCUT2D eigenvalue weighted by molar-refractivity contribution is -0.870. The molecular formula is C22H31BrN4S+2. The lowest BCUT2D eigenvalue weighted by Gasteiger charge is -2.27. The van der Waals surface area contributed by atoms with Crippen LogP contribution in [-0.4, -0.2) is 50.0 Å². The molecule has 1 aromatic heterocycles. The highest BCUT2D eigenvalue weighted by Crippen LogP contribution is 2.27. The van der Waals surface area contributed by atoms with Crippen molar-refractivity contribution in [3.63, 3.8) is 0 Å². The number of halogens is 1. The maximum Gasteiger partial charge on any atom is 0.264 e. The van der Waals surface area contributed by atoms with E-state index in [1.165, 1.54) is 46.1 Å². The number of aromatic nitrogens is 1. The molecule has 28 heavy (non-hydrogen) atoms. The smallest absolute Gasteiger partial charge is 0.264 e. The topological polar surface area (TPSA) is 19.5 Å². The molecule has 0 aliphatic carbocycles. The average Bonchev–Trinajstić information content (AvgIpc) is 2.90. The lowest BCUT2D eigenvalue weighted by Crippen LogP contribution is -2.35. The van der Waals surface area contributed by atoms with Crippen molar-refractivity contribution in [1.29, 1.82) is 0 Å². The number of allylic oxidation sites excluding steroid dienone is 2. The first-order chi connectivity index (χ1) is 13.1. The van der Waals surface area contributed by atoms with Crippen LogP contribution in [0.25, 0.3) is 16.3 Å². The Morgan fingerprint density at radius 2 is 2.00 bits per heavy atom. The summed E-state index contributed by atoms with van der Waals surface area (Å²) in [5.74, 6) is 1.17. The number of hydrogen-bond donors (Lipinski definition) is 0. The van der Waals surface area contributed by atoms with E-state index >= 15 is 0 Å². The number of quaternary nitrogens is 1. The minimum Gasteiger partial charge on any atom is -0.337 e. The molecule has 0 bridgehead atoms. The Kier molecular flexibility index (Phi) is 6.42. The SMILES string of the molecule is CC1=CC(=Cc2sc3cc(Br)ccc3[n+]2C)N=C(CCCC[N+](C)(C)C)N1C. The first-order valence-corrected chi connectivity index (χ1v) is 11.3. The molecule has 0 spiro atoms. The molecule has 2 aromatic rings. The van der Waals surface area contributed by atoms with Gasteiger partial charge in [0.2, 0.25) is 5.52 Å². The van der Waals surface area contributed by atoms with Crippen molar-refractivity contribution in [3.05, 3.63) is 45.1 Å². The van der Waals surface area contributed by atoms with Crippen molar-refractivity contribution >= 4 is 49.4 Å². The summed E-state index contributed by atoms with van der Waals surface area (Å²) in [5.41, 5.74) is 3.53. The zero-order chi connectivity index (χ0) is 20.5. The standard InChI is InChI=1S/C22H31BrN4S/c1-16-13-18(24-21(25(16)2)9-7-8-12-27(4,5)6)15-22-26(3)19-11-10-17(23)14-20(19)28-22/h10-11,13-15H,7-9,12H2,1-6H3/q+2. The molecule has 1 aliphatic heterocycles. The third-order valence-corrected chi connectivity index (χ3v) is 6.75. The van der Waals surface area contributed by atoms with Crippen LogP contribution in [0.1, 0.15) is 31.2 Å². The van der Waals surface area contributed by atoms with Gasteiger partial charge in [0.05, 0.1) is 33.4 Å². The minimum atomic E-state index is 1.02. The van der Waals surface area contributed by atoms with Gasteiger partial charge in [-0.2, -0.15) is 4.57 Å². The number of amidine groups is 1. The molecule has 0 saturated heterocycles. The Hall–Kier alpha value is -1.50. The summed E-state index contributed by atoms with van der Waals surface area (Å²) in [7, 11) is 11.0. The molecule has 0 fully saturated rings. The normalized spacial score (nSPS) is 16.7. The van der Waals surface area contributed by atoms with Gasteiger partial charge in [-0.15, -0.1) is 0 Å². The Balaban J connectivity index is 1.82. The predicted molar refractivity (Wildman–Crippen MR) is 124 cm³/mol. The van der Waals surface area contributed by atoms with E-state index in [1.807, 2.05) is 0 Å². The van der Waals surface area contributed by atoms with E-state index in [1.54, 1.807) is 11.3 Å². The number of benzene rings is 1. The molecule has 1 aromatic carbocycles. The second-order valence-electron chi connectivity index (χ2n) is 8.52. The Bertz CT molecular complexity index is 963. The van der Waals surface area contributed by atoms with E-state index in [2.05, 4.69) is 97.9 Å². The third-order valence-electron chi connectivity index (χ3n) is 5.11. The summed E-state index contributed by atoms with van der Waals surface area (Å²) in [6.07, 6.45) is 7.80. The molecule has 0 amide bonds. The van der Waals surface area contributed by atoms with Gasteiger partial charge in [-0.25, -0.2) is 4.99 Å². The number of hydrogen-bond acceptors (Lipinski definition) is 3. The summed E-state index contributed by atoms with van der Waals surface area (Å²) < 4.78 is 5.66. The summed E-state index contributed by atoms with van der Waals surface area (Å²) in [4.78, 5) is 7.21. The van der Waals surface area contributed by atoms with Gasteiger partial charge >= 0.3 is 0 Å². The van der Waals surface area contributed by atoms with Gasteiger partial charge < -0.3 is 9.38 Å². The first-order valence-electron chi connectivity index (χ1n) is 9.74. The number of thiazole rings is 1. The van der Waals surface area contributed by atoms with Crippen LogP contribution >= 0.6 is 27.3 Å². The minimum absolute atomic E-state index is 1.02. The second-order valence-corrected chi connectivity index (χ2v) is 10.5. The molecule has 6 heteroatoms. The van der Waals surface area contributed by atoms with Gasteiger partial charge in [0.15, 0.2) is 0 Å². The van der Waals surface area contributed by atoms with Crippen LogP contribution in [0.5, 0.6) is 0 Å². The van der Waals surface area contributed by atoms with Crippen LogP contribution in [0, 0.1) is 0 Å². The maximum absolute atomic E-state index is 4.98. The molecule has 3 rings (SSSR count). The predicted octanol–water partition coefficient (Wildman–Crippen LogP) is 4.95. The Morgan fingerprint density at radius 3 is 2.71 bits per heavy atom. The highest BCUT2D eigenvalue weighted by molar-refractivity contribution is 9.10. The largest absolute Gasteiger partial charge is 0.337 e. The molecule has 1 aliphatic rings. The second kappa shape index (κ2) is 8.47. The van der Waals surface area contributed by atoms with Crippen LogP contribution < -0.4 is 4.57 Å². The first kappa shape index (κ1) is 21.2. The van der Waals surface area contributed by atoms with E-state index in [0.717, 1.165) is 21.1 Å². The van der Waals surface area contributed by atoms with Gasteiger partial charge in [0.25, 0.3) is 5.01 Å². The van der Waals surface area contributed by atoms with Crippen molar-refractivity contribution in [2.75, 3.05) is 34.7 Å². The van der Waals surface area contributed by atoms with E-state index in [0.29, 0.717) is 0 Å². The lowest BCUT2D eigenvalue weighted by atomic mass is 10.1. The number of rotatable bonds is 6. The third kappa shape index (κ3) is 5.10. The monoisotopic (exact) mass is 462 g/mol. The van der Waals surface area contributed by atoms with Crippen molar-refractivity contribution in [1.82, 2.24) is 4.90 Å². The van der Waals surface area contributed by atoms with E-state index in [4.69, 9.17) is 4.99 Å². The summed E-state index contributed by atoms with van der Waals surface area (Å²) in [5, 5.41) is 1.21. The highest BCUT2D eigenvalue weighted by atomic mass is 79.9. The van der Waals surface area contributed by atoms with Gasteiger partial charge in [0, 0.05) is 35.8 Å². The van der Waals surface area contributed by atoms with Crippen LogP contribution in [0.4, 0.5) is 0 Å². The molecule has 0 atom stereocenters. The van der Waals surface area contributed by atoms with Crippen LogP contribution in [-0.2, 0) is 7.05 Å². The van der Waals surface area contributed by atoms with Crippen molar-refractivity contribution in [3.8, 4) is 0 Å². The molecule has 0 unspecified atom stereocenters. The summed E-state index contributed by atoms with van der Waals surface area (Å²) in [6.45, 7) is 3.36. The van der Waals surface area contributed by atoms with E-state index < -0.39 is 0 Å². The number of nitrogens with zero attached hydrogens (tertiary/aromatic N) is 4. The van der Waals surface area contributed by atoms with Gasteiger partial charge in [-0.05, 0) is 38.0 Å². The molecule has 0 radical (unpaired) electrons. The van der Waals surface area contributed by atoms with E-state index in [9.17, 15) is 0 Å². The fourth-order valence-electron chi connectivity index (χ4n) is 3.34. The maximum atomic E-state index is 4.98. The van der Waals surface area contributed by atoms with Crippen LogP contribution in [0.2, 0.25) is 0 Å². The molecular weight excluding hydrogens is 432 g/mol. The molecule has 2 heterocycles. The number of fused-ring (bicyclic) bond motifs is 1. The fourth-order valence-corrected chi connectivity index (χ4v) is 4.99. The zero-order valence-corrected chi connectivity index (χ0v) is 20.2. The Morgan fingerprint density at radius 1 is 1.25 bits per heavy atom. The van der Waals surface area contributed by atoms with Crippen LogP contribution in [0.15, 0.2) is 45.1 Å². The van der Waals surface area contributed by atoms with Crippen molar-refractivity contribution in [2.45, 2.75) is 26.2 Å². The summed E-state index contributed by atoms with van der Waals surface area (Å²) in [6, 6.07) is 6.44. The van der Waals surface area contributed by atoms with Gasteiger partial charge in [0.1, 0.15) is 17.6 Å². The van der Waals surface area contributed by atoms with E-state index in [-0.39, 0.29) is 0 Å². The summed E-state index contributed by atoms with van der Waals surface area (Å²) >= 11 is 5.37. The molecule has 0 saturated carbocycles. The van der Waals surface area contributed by atoms with Gasteiger partial charge in [-0.1, -0.05) is 27.3 Å². The molecule has 150 valence electrons. The van der Waals surface area contributed by atoms with Crippen molar-refractivity contribution < 1.29 is 9.05 Å². The fraction of sp³-hybridized carbons (Fsp3) is 0.455. The Labute approximate surface area is 181 Å².